The maximum absolute atomic E-state index is 13.5. The van der Waals surface area contributed by atoms with Gasteiger partial charge in [-0.2, -0.15) is 0 Å². The van der Waals surface area contributed by atoms with Gasteiger partial charge < -0.3 is 0 Å². The molecule has 31 heavy (non-hydrogen) atoms. The Hall–Kier alpha value is -1.13. The third-order valence-electron chi connectivity index (χ3n) is 5.02. The molecule has 0 fully saturated rings. The lowest BCUT2D eigenvalue weighted by atomic mass is 9.82. The standard InChI is InChI=1S/C22H25BrN2O3S3/c1-4-8-19(25-31(27,28)16-13-11-15(3)12-14-16)22(17-9-6-7-10-18(17)23)20(26)30-21(24-22)29-5-2/h6-7,9-14,19,25H,4-5,8H2,1-3H3/t19-,22-/m0/s1. The number of benzene rings is 2. The molecule has 0 saturated carbocycles. The van der Waals surface area contributed by atoms with Crippen LogP contribution in [0.25, 0.3) is 0 Å². The van der Waals surface area contributed by atoms with Crippen molar-refractivity contribution in [3.8, 4) is 0 Å². The first-order chi connectivity index (χ1) is 14.7. The van der Waals surface area contributed by atoms with Gasteiger partial charge >= 0.3 is 0 Å². The molecule has 1 heterocycles. The summed E-state index contributed by atoms with van der Waals surface area (Å²) in [5.74, 6) is 0.776. The number of halogens is 1. The van der Waals surface area contributed by atoms with Crippen molar-refractivity contribution < 1.29 is 13.2 Å². The third kappa shape index (κ3) is 5.11. The number of sulfonamides is 1. The molecule has 1 N–H and O–H groups in total. The summed E-state index contributed by atoms with van der Waals surface area (Å²) in [4.78, 5) is 18.5. The van der Waals surface area contributed by atoms with Crippen molar-refractivity contribution in [2.75, 3.05) is 5.75 Å². The Morgan fingerprint density at radius 2 is 1.84 bits per heavy atom. The summed E-state index contributed by atoms with van der Waals surface area (Å²) < 4.78 is 30.8. The lowest BCUT2D eigenvalue weighted by Gasteiger charge is -2.34. The fraction of sp³-hybridized carbons (Fsp3) is 0.364. The molecule has 2 aromatic carbocycles. The van der Waals surface area contributed by atoms with Crippen molar-refractivity contribution >= 4 is 59.0 Å². The van der Waals surface area contributed by atoms with Crippen LogP contribution in [0.15, 0.2) is 62.9 Å². The van der Waals surface area contributed by atoms with Crippen LogP contribution >= 0.6 is 39.5 Å². The first kappa shape index (κ1) is 24.5. The molecule has 1 aliphatic heterocycles. The number of hydrogen-bond donors (Lipinski definition) is 1. The van der Waals surface area contributed by atoms with E-state index < -0.39 is 21.6 Å². The van der Waals surface area contributed by atoms with E-state index in [1.54, 1.807) is 24.3 Å². The van der Waals surface area contributed by atoms with Gasteiger partial charge in [0.05, 0.1) is 10.9 Å². The Bertz CT molecular complexity index is 1090. The number of nitrogens with one attached hydrogen (secondary N) is 1. The molecule has 0 aliphatic carbocycles. The fourth-order valence-electron chi connectivity index (χ4n) is 3.52. The average molecular weight is 542 g/mol. The number of rotatable bonds is 8. The van der Waals surface area contributed by atoms with Gasteiger partial charge in [0.15, 0.2) is 5.54 Å². The predicted octanol–water partition coefficient (Wildman–Crippen LogP) is 5.48. The molecular weight excluding hydrogens is 516 g/mol. The summed E-state index contributed by atoms with van der Waals surface area (Å²) >= 11 is 6.16. The highest BCUT2D eigenvalue weighted by Crippen LogP contribution is 2.47. The molecule has 0 radical (unpaired) electrons. The van der Waals surface area contributed by atoms with E-state index in [4.69, 9.17) is 4.99 Å². The van der Waals surface area contributed by atoms with Gasteiger partial charge in [-0.3, -0.25) is 4.79 Å². The van der Waals surface area contributed by atoms with E-state index in [-0.39, 0.29) is 10.0 Å². The summed E-state index contributed by atoms with van der Waals surface area (Å²) in [5.41, 5.74) is 0.307. The molecule has 5 nitrogen and oxygen atoms in total. The second-order valence-corrected chi connectivity index (χ2v) is 12.3. The number of hydrogen-bond acceptors (Lipinski definition) is 6. The molecule has 0 spiro atoms. The molecule has 0 amide bonds. The molecular formula is C22H25BrN2O3S3. The maximum atomic E-state index is 13.5. The zero-order chi connectivity index (χ0) is 22.6. The number of carbonyl (C=O) groups excluding carboxylic acids is 1. The van der Waals surface area contributed by atoms with Crippen LogP contribution in [0.2, 0.25) is 0 Å². The van der Waals surface area contributed by atoms with Gasteiger partial charge in [0.1, 0.15) is 4.38 Å². The minimum absolute atomic E-state index is 0.166. The summed E-state index contributed by atoms with van der Waals surface area (Å²) in [6.45, 7) is 5.88. The Kier molecular flexibility index (Phi) is 8.07. The Morgan fingerprint density at radius 1 is 1.16 bits per heavy atom. The molecule has 3 rings (SSSR count). The van der Waals surface area contributed by atoms with Crippen LogP contribution in [0.5, 0.6) is 0 Å². The van der Waals surface area contributed by atoms with Crippen molar-refractivity contribution in [1.29, 1.82) is 0 Å². The average Bonchev–Trinajstić information content (AvgIpc) is 3.05. The van der Waals surface area contributed by atoms with E-state index in [1.807, 2.05) is 45.0 Å². The minimum Gasteiger partial charge on any atom is -0.283 e. The highest BCUT2D eigenvalue weighted by atomic mass is 79.9. The van der Waals surface area contributed by atoms with Gasteiger partial charge in [-0.25, -0.2) is 18.1 Å². The van der Waals surface area contributed by atoms with Crippen LogP contribution in [-0.4, -0.2) is 29.7 Å². The quantitative estimate of drug-likeness (QED) is 0.479. The molecule has 0 aromatic heterocycles. The second kappa shape index (κ2) is 10.2. The minimum atomic E-state index is -3.85. The van der Waals surface area contributed by atoms with E-state index in [2.05, 4.69) is 20.7 Å². The molecule has 2 atom stereocenters. The molecule has 1 aliphatic rings. The highest BCUT2D eigenvalue weighted by Gasteiger charge is 2.53. The van der Waals surface area contributed by atoms with Crippen LogP contribution in [0.3, 0.4) is 0 Å². The predicted molar refractivity (Wildman–Crippen MR) is 134 cm³/mol. The topological polar surface area (TPSA) is 75.6 Å². The van der Waals surface area contributed by atoms with Crippen molar-refractivity contribution in [3.05, 3.63) is 64.1 Å². The smallest absolute Gasteiger partial charge is 0.240 e. The number of aliphatic imine (C=N–C) groups is 1. The van der Waals surface area contributed by atoms with Crippen LogP contribution < -0.4 is 4.72 Å². The van der Waals surface area contributed by atoms with Gasteiger partial charge in [0, 0.05) is 10.0 Å². The summed E-state index contributed by atoms with van der Waals surface area (Å²) in [7, 11) is -3.85. The Labute approximate surface area is 201 Å². The van der Waals surface area contributed by atoms with Crippen molar-refractivity contribution in [2.45, 2.75) is 50.1 Å². The van der Waals surface area contributed by atoms with Crippen LogP contribution in [0, 0.1) is 6.92 Å². The van der Waals surface area contributed by atoms with E-state index in [1.165, 1.54) is 11.8 Å². The van der Waals surface area contributed by atoms with Gasteiger partial charge in [-0.15, -0.1) is 0 Å². The molecule has 166 valence electrons. The molecule has 0 saturated heterocycles. The largest absolute Gasteiger partial charge is 0.283 e. The molecule has 0 bridgehead atoms. The number of thioether (sulfide) groups is 2. The molecule has 9 heteroatoms. The summed E-state index contributed by atoms with van der Waals surface area (Å²) in [6, 6.07) is 13.4. The maximum Gasteiger partial charge on any atom is 0.240 e. The second-order valence-electron chi connectivity index (χ2n) is 7.22. The van der Waals surface area contributed by atoms with Crippen LogP contribution in [0.1, 0.15) is 37.8 Å². The van der Waals surface area contributed by atoms with Crippen LogP contribution in [0.4, 0.5) is 0 Å². The van der Waals surface area contributed by atoms with E-state index in [0.717, 1.165) is 27.6 Å². The van der Waals surface area contributed by atoms with Gasteiger partial charge in [0.2, 0.25) is 15.1 Å². The van der Waals surface area contributed by atoms with Crippen molar-refractivity contribution in [1.82, 2.24) is 4.72 Å². The number of carbonyl (C=O) groups is 1. The highest BCUT2D eigenvalue weighted by molar-refractivity contribution is 9.10. The Morgan fingerprint density at radius 3 is 2.45 bits per heavy atom. The lowest BCUT2D eigenvalue weighted by Crippen LogP contribution is -2.52. The van der Waals surface area contributed by atoms with Gasteiger partial charge in [0.25, 0.3) is 0 Å². The van der Waals surface area contributed by atoms with Crippen molar-refractivity contribution in [2.24, 2.45) is 4.99 Å². The normalized spacial score (nSPS) is 20.0. The first-order valence-electron chi connectivity index (χ1n) is 10.0. The first-order valence-corrected chi connectivity index (χ1v) is 14.1. The van der Waals surface area contributed by atoms with Crippen molar-refractivity contribution in [3.63, 3.8) is 0 Å². The SMILES string of the molecule is CCC[C@H](NS(=O)(=O)c1ccc(C)cc1)[C@]1(c2ccccc2Br)N=C(SCC)SC1=O. The monoisotopic (exact) mass is 540 g/mol. The zero-order valence-electron chi connectivity index (χ0n) is 17.6. The number of aryl methyl sites for hydroxylation is 1. The lowest BCUT2D eigenvalue weighted by molar-refractivity contribution is -0.116. The van der Waals surface area contributed by atoms with E-state index >= 15 is 0 Å². The van der Waals surface area contributed by atoms with Gasteiger partial charge in [-0.1, -0.05) is 83.9 Å². The third-order valence-corrected chi connectivity index (χ3v) is 9.19. The van der Waals surface area contributed by atoms with Gasteiger partial charge in [-0.05, 0) is 49.1 Å². The van der Waals surface area contributed by atoms with E-state index in [9.17, 15) is 13.2 Å². The summed E-state index contributed by atoms with van der Waals surface area (Å²) in [5, 5.41) is -0.166. The molecule has 0 unspecified atom stereocenters. The number of nitrogens with zero attached hydrogens (tertiary/aromatic N) is 1. The fourth-order valence-corrected chi connectivity index (χ4v) is 7.47. The molecule has 2 aromatic rings. The Balaban J connectivity index is 2.14. The summed E-state index contributed by atoms with van der Waals surface area (Å²) in [6.07, 6.45) is 1.16. The van der Waals surface area contributed by atoms with Crippen LogP contribution in [-0.2, 0) is 20.4 Å². The zero-order valence-corrected chi connectivity index (χ0v) is 21.6. The van der Waals surface area contributed by atoms with E-state index in [0.29, 0.717) is 22.8 Å².